The third-order valence-corrected chi connectivity index (χ3v) is 2.90. The van der Waals surface area contributed by atoms with Gasteiger partial charge in [0.05, 0.1) is 12.7 Å². The van der Waals surface area contributed by atoms with Crippen molar-refractivity contribution in [3.63, 3.8) is 0 Å². The van der Waals surface area contributed by atoms with Crippen LogP contribution in [-0.2, 0) is 4.74 Å². The standard InChI is InChI=1S/C13H18N2O2/c14-13(15)10-3-5-12(6-4-10)17-9-7-11-2-1-8-16-11/h3-6,11H,1-2,7-9H2,(H3,14,15). The van der Waals surface area contributed by atoms with Crippen molar-refractivity contribution in [2.75, 3.05) is 13.2 Å². The summed E-state index contributed by atoms with van der Waals surface area (Å²) in [6.45, 7) is 1.56. The maximum atomic E-state index is 7.28. The number of nitrogens with two attached hydrogens (primary N) is 1. The molecule has 1 fully saturated rings. The van der Waals surface area contributed by atoms with Gasteiger partial charge in [-0.3, -0.25) is 5.41 Å². The van der Waals surface area contributed by atoms with Gasteiger partial charge in [-0.1, -0.05) is 0 Å². The van der Waals surface area contributed by atoms with Gasteiger partial charge in [0.15, 0.2) is 0 Å². The van der Waals surface area contributed by atoms with E-state index >= 15 is 0 Å². The average molecular weight is 234 g/mol. The van der Waals surface area contributed by atoms with Crippen LogP contribution in [0.3, 0.4) is 0 Å². The molecule has 1 aromatic rings. The normalized spacial score (nSPS) is 19.2. The van der Waals surface area contributed by atoms with E-state index in [4.69, 9.17) is 20.6 Å². The molecule has 1 heterocycles. The van der Waals surface area contributed by atoms with Crippen LogP contribution in [0.5, 0.6) is 5.75 Å². The summed E-state index contributed by atoms with van der Waals surface area (Å²) in [5.74, 6) is 0.893. The van der Waals surface area contributed by atoms with Crippen molar-refractivity contribution < 1.29 is 9.47 Å². The Kier molecular flexibility index (Phi) is 3.98. The minimum absolute atomic E-state index is 0.0795. The highest BCUT2D eigenvalue weighted by Gasteiger charge is 2.14. The van der Waals surface area contributed by atoms with Gasteiger partial charge in [-0.15, -0.1) is 0 Å². The van der Waals surface area contributed by atoms with Crippen molar-refractivity contribution >= 4 is 5.84 Å². The first-order valence-electron chi connectivity index (χ1n) is 5.94. The summed E-state index contributed by atoms with van der Waals surface area (Å²) in [4.78, 5) is 0. The maximum Gasteiger partial charge on any atom is 0.122 e. The molecule has 2 rings (SSSR count). The number of hydrogen-bond acceptors (Lipinski definition) is 3. The van der Waals surface area contributed by atoms with E-state index in [0.29, 0.717) is 12.7 Å². The van der Waals surface area contributed by atoms with Crippen LogP contribution in [0.25, 0.3) is 0 Å². The lowest BCUT2D eigenvalue weighted by Gasteiger charge is -2.10. The predicted octanol–water partition coefficient (Wildman–Crippen LogP) is 1.92. The Morgan fingerprint density at radius 3 is 2.76 bits per heavy atom. The zero-order valence-electron chi connectivity index (χ0n) is 9.82. The number of benzene rings is 1. The fraction of sp³-hybridized carbons (Fsp3) is 0.462. The van der Waals surface area contributed by atoms with Gasteiger partial charge < -0.3 is 15.2 Å². The summed E-state index contributed by atoms with van der Waals surface area (Å²) in [5, 5.41) is 7.28. The van der Waals surface area contributed by atoms with E-state index in [-0.39, 0.29) is 5.84 Å². The van der Waals surface area contributed by atoms with Crippen LogP contribution < -0.4 is 10.5 Å². The van der Waals surface area contributed by atoms with Crippen LogP contribution in [0.2, 0.25) is 0 Å². The molecule has 3 N–H and O–H groups in total. The van der Waals surface area contributed by atoms with E-state index in [0.717, 1.165) is 37.2 Å². The Bertz CT molecular complexity index is 370. The molecule has 92 valence electrons. The molecule has 4 nitrogen and oxygen atoms in total. The van der Waals surface area contributed by atoms with Crippen LogP contribution in [-0.4, -0.2) is 25.2 Å². The minimum atomic E-state index is 0.0795. The molecule has 0 aliphatic carbocycles. The van der Waals surface area contributed by atoms with Gasteiger partial charge in [-0.25, -0.2) is 0 Å². The first kappa shape index (κ1) is 11.9. The molecule has 1 atom stereocenters. The van der Waals surface area contributed by atoms with E-state index < -0.39 is 0 Å². The smallest absolute Gasteiger partial charge is 0.122 e. The van der Waals surface area contributed by atoms with Crippen molar-refractivity contribution in [2.45, 2.75) is 25.4 Å². The highest BCUT2D eigenvalue weighted by molar-refractivity contribution is 5.94. The van der Waals surface area contributed by atoms with E-state index in [1.807, 2.05) is 12.1 Å². The number of ether oxygens (including phenoxy) is 2. The summed E-state index contributed by atoms with van der Waals surface area (Å²) in [5.41, 5.74) is 6.09. The van der Waals surface area contributed by atoms with Crippen molar-refractivity contribution in [1.29, 1.82) is 5.41 Å². The zero-order chi connectivity index (χ0) is 12.1. The molecule has 0 bridgehead atoms. The third-order valence-electron chi connectivity index (χ3n) is 2.90. The Labute approximate surface area is 101 Å². The van der Waals surface area contributed by atoms with Crippen LogP contribution in [0.1, 0.15) is 24.8 Å². The van der Waals surface area contributed by atoms with Gasteiger partial charge in [0.25, 0.3) is 0 Å². The molecular formula is C13H18N2O2. The Hall–Kier alpha value is -1.55. The summed E-state index contributed by atoms with van der Waals surface area (Å²) in [6, 6.07) is 7.27. The fourth-order valence-corrected chi connectivity index (χ4v) is 1.91. The second-order valence-corrected chi connectivity index (χ2v) is 4.21. The highest BCUT2D eigenvalue weighted by atomic mass is 16.5. The second kappa shape index (κ2) is 5.68. The molecule has 0 radical (unpaired) electrons. The van der Waals surface area contributed by atoms with Crippen LogP contribution in [0.4, 0.5) is 0 Å². The lowest BCUT2D eigenvalue weighted by atomic mass is 10.2. The SMILES string of the molecule is N=C(N)c1ccc(OCCC2CCCO2)cc1. The molecule has 0 amide bonds. The fourth-order valence-electron chi connectivity index (χ4n) is 1.91. The van der Waals surface area contributed by atoms with Crippen molar-refractivity contribution in [1.82, 2.24) is 0 Å². The molecule has 17 heavy (non-hydrogen) atoms. The maximum absolute atomic E-state index is 7.28. The highest BCUT2D eigenvalue weighted by Crippen LogP contribution is 2.17. The lowest BCUT2D eigenvalue weighted by Crippen LogP contribution is -2.12. The molecule has 0 saturated carbocycles. The summed E-state index contributed by atoms with van der Waals surface area (Å²) < 4.78 is 11.1. The molecule has 0 aromatic heterocycles. The van der Waals surface area contributed by atoms with Gasteiger partial charge >= 0.3 is 0 Å². The molecule has 1 unspecified atom stereocenters. The quantitative estimate of drug-likeness (QED) is 0.604. The Morgan fingerprint density at radius 2 is 2.18 bits per heavy atom. The lowest BCUT2D eigenvalue weighted by molar-refractivity contribution is 0.0903. The number of nitrogen functional groups attached to an aromatic ring is 1. The van der Waals surface area contributed by atoms with Crippen molar-refractivity contribution in [2.24, 2.45) is 5.73 Å². The third kappa shape index (κ3) is 3.46. The molecule has 1 aliphatic rings. The monoisotopic (exact) mass is 234 g/mol. The number of nitrogens with one attached hydrogen (secondary N) is 1. The van der Waals surface area contributed by atoms with Crippen molar-refractivity contribution in [3.8, 4) is 5.75 Å². The predicted molar refractivity (Wildman–Crippen MR) is 66.5 cm³/mol. The molecule has 4 heteroatoms. The van der Waals surface area contributed by atoms with Crippen LogP contribution in [0.15, 0.2) is 24.3 Å². The van der Waals surface area contributed by atoms with E-state index in [2.05, 4.69) is 0 Å². The van der Waals surface area contributed by atoms with Gasteiger partial charge in [0, 0.05) is 18.6 Å². The number of amidine groups is 1. The molecule has 1 aliphatic heterocycles. The molecule has 0 spiro atoms. The second-order valence-electron chi connectivity index (χ2n) is 4.21. The topological polar surface area (TPSA) is 68.3 Å². The summed E-state index contributed by atoms with van der Waals surface area (Å²) in [7, 11) is 0. The van der Waals surface area contributed by atoms with E-state index in [1.165, 1.54) is 0 Å². The molecular weight excluding hydrogens is 216 g/mol. The van der Waals surface area contributed by atoms with E-state index in [1.54, 1.807) is 12.1 Å². The molecule has 1 aromatic carbocycles. The number of hydrogen-bond donors (Lipinski definition) is 2. The summed E-state index contributed by atoms with van der Waals surface area (Å²) >= 11 is 0. The van der Waals surface area contributed by atoms with Crippen LogP contribution >= 0.6 is 0 Å². The zero-order valence-corrected chi connectivity index (χ0v) is 9.82. The van der Waals surface area contributed by atoms with E-state index in [9.17, 15) is 0 Å². The Balaban J connectivity index is 1.76. The Morgan fingerprint density at radius 1 is 1.41 bits per heavy atom. The summed E-state index contributed by atoms with van der Waals surface area (Å²) in [6.07, 6.45) is 3.62. The average Bonchev–Trinajstić information content (AvgIpc) is 2.83. The van der Waals surface area contributed by atoms with Gasteiger partial charge in [-0.05, 0) is 37.1 Å². The van der Waals surface area contributed by atoms with Gasteiger partial charge in [0.1, 0.15) is 11.6 Å². The largest absolute Gasteiger partial charge is 0.493 e. The van der Waals surface area contributed by atoms with Crippen molar-refractivity contribution in [3.05, 3.63) is 29.8 Å². The molecule has 1 saturated heterocycles. The first-order valence-corrected chi connectivity index (χ1v) is 5.94. The van der Waals surface area contributed by atoms with Crippen LogP contribution in [0, 0.1) is 5.41 Å². The first-order chi connectivity index (χ1) is 8.25. The minimum Gasteiger partial charge on any atom is -0.493 e. The van der Waals surface area contributed by atoms with Gasteiger partial charge in [-0.2, -0.15) is 0 Å². The number of rotatable bonds is 5. The van der Waals surface area contributed by atoms with Gasteiger partial charge in [0.2, 0.25) is 0 Å².